The molecule has 20 heavy (non-hydrogen) atoms. The van der Waals surface area contributed by atoms with Crippen molar-refractivity contribution < 1.29 is 9.59 Å². The van der Waals surface area contributed by atoms with Crippen molar-refractivity contribution >= 4 is 27.7 Å². The van der Waals surface area contributed by atoms with E-state index in [1.165, 1.54) is 6.92 Å². The van der Waals surface area contributed by atoms with Crippen LogP contribution >= 0.6 is 15.9 Å². The van der Waals surface area contributed by atoms with Crippen molar-refractivity contribution in [3.8, 4) is 0 Å². The Labute approximate surface area is 127 Å². The van der Waals surface area contributed by atoms with Crippen molar-refractivity contribution in [3.05, 3.63) is 34.3 Å². The van der Waals surface area contributed by atoms with E-state index in [1.54, 1.807) is 0 Å². The first-order valence-corrected chi connectivity index (χ1v) is 7.63. The van der Waals surface area contributed by atoms with E-state index in [4.69, 9.17) is 0 Å². The summed E-state index contributed by atoms with van der Waals surface area (Å²) in [6.45, 7) is 2.41. The topological polar surface area (TPSA) is 58.2 Å². The van der Waals surface area contributed by atoms with Gasteiger partial charge in [0.05, 0.1) is 5.41 Å². The van der Waals surface area contributed by atoms with E-state index in [0.717, 1.165) is 29.3 Å². The Morgan fingerprint density at radius 2 is 1.75 bits per heavy atom. The van der Waals surface area contributed by atoms with Crippen LogP contribution in [0.5, 0.6) is 0 Å². The molecular formula is C15H19BrN2O2. The number of nitrogens with one attached hydrogen (secondary N) is 2. The van der Waals surface area contributed by atoms with E-state index in [-0.39, 0.29) is 17.2 Å². The van der Waals surface area contributed by atoms with Gasteiger partial charge in [-0.1, -0.05) is 34.5 Å². The van der Waals surface area contributed by atoms with Crippen LogP contribution in [0.25, 0.3) is 0 Å². The largest absolute Gasteiger partial charge is 0.355 e. The van der Waals surface area contributed by atoms with Gasteiger partial charge < -0.3 is 10.6 Å². The summed E-state index contributed by atoms with van der Waals surface area (Å²) < 4.78 is 1.02. The molecule has 1 aliphatic carbocycles. The number of carbonyl (C=O) groups excluding carboxylic acids is 2. The molecule has 1 aromatic carbocycles. The molecule has 5 heteroatoms. The maximum absolute atomic E-state index is 12.4. The average molecular weight is 339 g/mol. The van der Waals surface area contributed by atoms with Gasteiger partial charge in [-0.25, -0.2) is 0 Å². The molecule has 0 aromatic heterocycles. The Kier molecular flexibility index (Phi) is 4.81. The van der Waals surface area contributed by atoms with Crippen molar-refractivity contribution in [2.45, 2.75) is 31.6 Å². The highest BCUT2D eigenvalue weighted by Gasteiger charge is 2.45. The fourth-order valence-corrected chi connectivity index (χ4v) is 2.79. The second kappa shape index (κ2) is 6.39. The lowest BCUT2D eigenvalue weighted by atomic mass is 9.64. The first-order chi connectivity index (χ1) is 9.54. The normalized spacial score (nSPS) is 16.1. The van der Waals surface area contributed by atoms with Crippen molar-refractivity contribution in [2.24, 2.45) is 0 Å². The monoisotopic (exact) mass is 338 g/mol. The summed E-state index contributed by atoms with van der Waals surface area (Å²) >= 11 is 3.41. The molecular weight excluding hydrogens is 320 g/mol. The number of carbonyl (C=O) groups is 2. The van der Waals surface area contributed by atoms with E-state index < -0.39 is 0 Å². The summed E-state index contributed by atoms with van der Waals surface area (Å²) in [7, 11) is 0. The van der Waals surface area contributed by atoms with E-state index in [2.05, 4.69) is 26.6 Å². The molecule has 2 amide bonds. The van der Waals surface area contributed by atoms with Crippen molar-refractivity contribution in [3.63, 3.8) is 0 Å². The molecule has 0 unspecified atom stereocenters. The Bertz CT molecular complexity index is 495. The Morgan fingerprint density at radius 3 is 2.25 bits per heavy atom. The van der Waals surface area contributed by atoms with Crippen LogP contribution in [-0.2, 0) is 15.0 Å². The summed E-state index contributed by atoms with van der Waals surface area (Å²) in [5, 5.41) is 5.60. The van der Waals surface area contributed by atoms with Crippen LogP contribution < -0.4 is 10.6 Å². The number of benzene rings is 1. The number of rotatable bonds is 5. The average Bonchev–Trinajstić information content (AvgIpc) is 2.35. The zero-order chi connectivity index (χ0) is 14.6. The molecule has 2 rings (SSSR count). The highest BCUT2D eigenvalue weighted by Crippen LogP contribution is 2.44. The van der Waals surface area contributed by atoms with Crippen LogP contribution in [0, 0.1) is 0 Å². The fraction of sp³-hybridized carbons (Fsp3) is 0.467. The first kappa shape index (κ1) is 15.0. The van der Waals surface area contributed by atoms with Gasteiger partial charge in [-0.3, -0.25) is 9.59 Å². The highest BCUT2D eigenvalue weighted by molar-refractivity contribution is 9.10. The number of hydrogen-bond donors (Lipinski definition) is 2. The molecule has 0 bridgehead atoms. The molecule has 1 aliphatic rings. The van der Waals surface area contributed by atoms with Gasteiger partial charge in [0.25, 0.3) is 0 Å². The van der Waals surface area contributed by atoms with Gasteiger partial charge in [-0.2, -0.15) is 0 Å². The number of halogens is 1. The van der Waals surface area contributed by atoms with Crippen LogP contribution in [0.3, 0.4) is 0 Å². The predicted octanol–water partition coefficient (Wildman–Crippen LogP) is 2.12. The molecule has 0 aliphatic heterocycles. The molecule has 0 heterocycles. The van der Waals surface area contributed by atoms with Gasteiger partial charge in [0.1, 0.15) is 0 Å². The third kappa shape index (κ3) is 3.20. The molecule has 1 saturated carbocycles. The first-order valence-electron chi connectivity index (χ1n) is 6.83. The lowest BCUT2D eigenvalue weighted by Gasteiger charge is -2.40. The highest BCUT2D eigenvalue weighted by atomic mass is 79.9. The fourth-order valence-electron chi connectivity index (χ4n) is 2.53. The molecule has 108 valence electrons. The third-order valence-electron chi connectivity index (χ3n) is 3.82. The maximum Gasteiger partial charge on any atom is 0.230 e. The van der Waals surface area contributed by atoms with Gasteiger partial charge in [-0.05, 0) is 30.5 Å². The van der Waals surface area contributed by atoms with Gasteiger partial charge in [0.15, 0.2) is 0 Å². The minimum atomic E-state index is -0.378. The lowest BCUT2D eigenvalue weighted by Crippen LogP contribution is -2.50. The maximum atomic E-state index is 12.4. The van der Waals surface area contributed by atoms with Crippen LogP contribution in [0.15, 0.2) is 28.7 Å². The Hall–Kier alpha value is -1.36. The molecule has 0 saturated heterocycles. The van der Waals surface area contributed by atoms with E-state index >= 15 is 0 Å². The molecule has 4 nitrogen and oxygen atoms in total. The van der Waals surface area contributed by atoms with Crippen LogP contribution in [-0.4, -0.2) is 24.9 Å². The second-order valence-electron chi connectivity index (χ2n) is 5.18. The van der Waals surface area contributed by atoms with Gasteiger partial charge in [0.2, 0.25) is 11.8 Å². The van der Waals surface area contributed by atoms with E-state index in [1.807, 2.05) is 24.3 Å². The third-order valence-corrected chi connectivity index (χ3v) is 4.35. The van der Waals surface area contributed by atoms with E-state index in [9.17, 15) is 9.59 Å². The summed E-state index contributed by atoms with van der Waals surface area (Å²) in [4.78, 5) is 23.2. The summed E-state index contributed by atoms with van der Waals surface area (Å²) in [5.74, 6) is -0.0121. The van der Waals surface area contributed by atoms with E-state index in [0.29, 0.717) is 13.1 Å². The van der Waals surface area contributed by atoms with Crippen molar-refractivity contribution in [1.29, 1.82) is 0 Å². The molecule has 1 fully saturated rings. The predicted molar refractivity (Wildman–Crippen MR) is 81.4 cm³/mol. The molecule has 1 aromatic rings. The summed E-state index contributed by atoms with van der Waals surface area (Å²) in [6.07, 6.45) is 2.86. The number of amides is 2. The molecule has 2 N–H and O–H groups in total. The molecule has 0 spiro atoms. The quantitative estimate of drug-likeness (QED) is 0.808. The Morgan fingerprint density at radius 1 is 1.15 bits per heavy atom. The van der Waals surface area contributed by atoms with Crippen molar-refractivity contribution in [1.82, 2.24) is 10.6 Å². The zero-order valence-corrected chi connectivity index (χ0v) is 13.1. The molecule has 0 radical (unpaired) electrons. The van der Waals surface area contributed by atoms with Crippen LogP contribution in [0.1, 0.15) is 31.7 Å². The Balaban J connectivity index is 1.98. The zero-order valence-electron chi connectivity index (χ0n) is 11.5. The minimum absolute atomic E-state index is 0.0661. The van der Waals surface area contributed by atoms with Gasteiger partial charge in [-0.15, -0.1) is 0 Å². The number of hydrogen-bond acceptors (Lipinski definition) is 2. The molecule has 0 atom stereocenters. The van der Waals surface area contributed by atoms with Crippen molar-refractivity contribution in [2.75, 3.05) is 13.1 Å². The summed E-state index contributed by atoms with van der Waals surface area (Å²) in [6, 6.07) is 7.97. The van der Waals surface area contributed by atoms with Crippen LogP contribution in [0.4, 0.5) is 0 Å². The summed E-state index contributed by atoms with van der Waals surface area (Å²) in [5.41, 5.74) is 0.695. The smallest absolute Gasteiger partial charge is 0.230 e. The SMILES string of the molecule is CC(=O)NCCNC(=O)C1(c2ccc(Br)cc2)CCC1. The van der Waals surface area contributed by atoms with Crippen LogP contribution in [0.2, 0.25) is 0 Å². The lowest BCUT2D eigenvalue weighted by molar-refractivity contribution is -0.130. The van der Waals surface area contributed by atoms with Gasteiger partial charge in [0, 0.05) is 24.5 Å². The standard InChI is InChI=1S/C15H19BrN2O2/c1-11(19)17-9-10-18-14(20)15(7-2-8-15)12-3-5-13(16)6-4-12/h3-6H,2,7-10H2,1H3,(H,17,19)(H,18,20). The van der Waals surface area contributed by atoms with Gasteiger partial charge >= 0.3 is 0 Å². The minimum Gasteiger partial charge on any atom is -0.355 e. The second-order valence-corrected chi connectivity index (χ2v) is 6.10.